The molecule has 6 heteroatoms. The van der Waals surface area contributed by atoms with Gasteiger partial charge in [-0.05, 0) is 30.5 Å². The van der Waals surface area contributed by atoms with Crippen molar-refractivity contribution < 1.29 is 23.9 Å². The largest absolute Gasteiger partial charge is 0.465 e. The molecule has 0 bridgehead atoms. The van der Waals surface area contributed by atoms with Crippen molar-refractivity contribution in [2.75, 3.05) is 19.5 Å². The van der Waals surface area contributed by atoms with Crippen molar-refractivity contribution >= 4 is 23.5 Å². The molecule has 1 saturated carbocycles. The Balaban J connectivity index is 2.04. The highest BCUT2D eigenvalue weighted by atomic mass is 16.5. The van der Waals surface area contributed by atoms with Gasteiger partial charge in [-0.1, -0.05) is 32.1 Å². The fraction of sp³-hybridized carbons (Fsp3) is 0.526. The Morgan fingerprint density at radius 1 is 0.960 bits per heavy atom. The maximum atomic E-state index is 12.2. The van der Waals surface area contributed by atoms with Crippen molar-refractivity contribution in [1.82, 2.24) is 0 Å². The van der Waals surface area contributed by atoms with E-state index in [9.17, 15) is 14.4 Å². The van der Waals surface area contributed by atoms with Crippen LogP contribution in [-0.4, -0.2) is 32.1 Å². The molecule has 136 valence electrons. The van der Waals surface area contributed by atoms with Crippen LogP contribution in [0.3, 0.4) is 0 Å². The number of hydrogen-bond acceptors (Lipinski definition) is 5. The third-order valence-corrected chi connectivity index (χ3v) is 4.56. The SMILES string of the molecule is COC(=O)c1cc(NC(=O)CCC2CCCCC2)cc(C(=O)OC)c1. The summed E-state index contributed by atoms with van der Waals surface area (Å²) in [6.45, 7) is 0. The van der Waals surface area contributed by atoms with Crippen molar-refractivity contribution in [3.05, 3.63) is 29.3 Å². The summed E-state index contributed by atoms with van der Waals surface area (Å²) in [6, 6.07) is 4.38. The van der Waals surface area contributed by atoms with Crippen LogP contribution in [-0.2, 0) is 14.3 Å². The molecule has 1 fully saturated rings. The Kier molecular flexibility index (Phi) is 6.98. The topological polar surface area (TPSA) is 81.7 Å². The first-order chi connectivity index (χ1) is 12.0. The van der Waals surface area contributed by atoms with E-state index >= 15 is 0 Å². The highest BCUT2D eigenvalue weighted by Gasteiger charge is 2.17. The second-order valence-electron chi connectivity index (χ2n) is 6.37. The number of esters is 2. The second-order valence-corrected chi connectivity index (χ2v) is 6.37. The van der Waals surface area contributed by atoms with Crippen LogP contribution in [0.5, 0.6) is 0 Å². The minimum absolute atomic E-state index is 0.122. The molecule has 0 heterocycles. The lowest BCUT2D eigenvalue weighted by Gasteiger charge is -2.21. The Labute approximate surface area is 147 Å². The molecule has 0 spiro atoms. The summed E-state index contributed by atoms with van der Waals surface area (Å²) in [5, 5.41) is 2.77. The van der Waals surface area contributed by atoms with E-state index in [0.29, 0.717) is 18.0 Å². The molecule has 0 aromatic heterocycles. The molecule has 25 heavy (non-hydrogen) atoms. The molecule has 0 aliphatic heterocycles. The van der Waals surface area contributed by atoms with Crippen LogP contribution in [0.1, 0.15) is 65.7 Å². The smallest absolute Gasteiger partial charge is 0.337 e. The fourth-order valence-corrected chi connectivity index (χ4v) is 3.21. The van der Waals surface area contributed by atoms with Crippen molar-refractivity contribution in [2.24, 2.45) is 5.92 Å². The number of rotatable bonds is 6. The van der Waals surface area contributed by atoms with Gasteiger partial charge in [-0.25, -0.2) is 9.59 Å². The van der Waals surface area contributed by atoms with Crippen LogP contribution in [0.2, 0.25) is 0 Å². The summed E-state index contributed by atoms with van der Waals surface area (Å²) >= 11 is 0. The summed E-state index contributed by atoms with van der Waals surface area (Å²) in [6.07, 6.45) is 7.47. The van der Waals surface area contributed by atoms with Gasteiger partial charge in [-0.3, -0.25) is 4.79 Å². The average molecular weight is 347 g/mol. The summed E-state index contributed by atoms with van der Waals surface area (Å²) < 4.78 is 9.38. The first kappa shape index (κ1) is 19.0. The molecule has 0 atom stereocenters. The number of methoxy groups -OCH3 is 2. The first-order valence-electron chi connectivity index (χ1n) is 8.65. The number of amides is 1. The van der Waals surface area contributed by atoms with E-state index in [1.165, 1.54) is 64.5 Å². The van der Waals surface area contributed by atoms with E-state index in [2.05, 4.69) is 14.8 Å². The van der Waals surface area contributed by atoms with Crippen LogP contribution in [0.4, 0.5) is 5.69 Å². The van der Waals surface area contributed by atoms with E-state index in [4.69, 9.17) is 0 Å². The Morgan fingerprint density at radius 3 is 2.04 bits per heavy atom. The minimum atomic E-state index is -0.580. The van der Waals surface area contributed by atoms with Gasteiger partial charge < -0.3 is 14.8 Å². The lowest BCUT2D eigenvalue weighted by Crippen LogP contribution is -2.16. The monoisotopic (exact) mass is 347 g/mol. The molecular weight excluding hydrogens is 322 g/mol. The van der Waals surface area contributed by atoms with Gasteiger partial charge in [0.25, 0.3) is 0 Å². The van der Waals surface area contributed by atoms with Crippen LogP contribution in [0, 0.1) is 5.92 Å². The first-order valence-corrected chi connectivity index (χ1v) is 8.65. The lowest BCUT2D eigenvalue weighted by atomic mass is 9.86. The molecule has 1 aliphatic rings. The third kappa shape index (κ3) is 5.59. The van der Waals surface area contributed by atoms with Gasteiger partial charge in [0, 0.05) is 12.1 Å². The van der Waals surface area contributed by atoms with Gasteiger partial charge in [0.2, 0.25) is 5.91 Å². The van der Waals surface area contributed by atoms with Crippen molar-refractivity contribution in [1.29, 1.82) is 0 Å². The van der Waals surface area contributed by atoms with E-state index in [-0.39, 0.29) is 17.0 Å². The van der Waals surface area contributed by atoms with Gasteiger partial charge >= 0.3 is 11.9 Å². The molecule has 1 aromatic rings. The maximum Gasteiger partial charge on any atom is 0.337 e. The number of ether oxygens (including phenoxy) is 2. The average Bonchev–Trinajstić information content (AvgIpc) is 2.65. The summed E-state index contributed by atoms with van der Waals surface area (Å²) in [5.41, 5.74) is 0.762. The zero-order chi connectivity index (χ0) is 18.2. The predicted molar refractivity (Wildman–Crippen MR) is 93.6 cm³/mol. The fourth-order valence-electron chi connectivity index (χ4n) is 3.21. The third-order valence-electron chi connectivity index (χ3n) is 4.56. The van der Waals surface area contributed by atoms with Gasteiger partial charge in [-0.2, -0.15) is 0 Å². The van der Waals surface area contributed by atoms with Crippen molar-refractivity contribution in [3.8, 4) is 0 Å². The Morgan fingerprint density at radius 2 is 1.52 bits per heavy atom. The number of anilines is 1. The zero-order valence-electron chi connectivity index (χ0n) is 14.8. The second kappa shape index (κ2) is 9.20. The number of hydrogen-bond donors (Lipinski definition) is 1. The van der Waals surface area contributed by atoms with E-state index in [1.54, 1.807) is 0 Å². The van der Waals surface area contributed by atoms with E-state index in [0.717, 1.165) is 6.42 Å². The highest BCUT2D eigenvalue weighted by molar-refractivity contribution is 5.99. The summed E-state index contributed by atoms with van der Waals surface area (Å²) in [7, 11) is 2.52. The zero-order valence-corrected chi connectivity index (χ0v) is 14.8. The molecule has 6 nitrogen and oxygen atoms in total. The predicted octanol–water partition coefficient (Wildman–Crippen LogP) is 3.56. The molecule has 1 amide bonds. The number of carbonyl (C=O) groups is 3. The minimum Gasteiger partial charge on any atom is -0.465 e. The highest BCUT2D eigenvalue weighted by Crippen LogP contribution is 2.27. The molecule has 1 N–H and O–H groups in total. The van der Waals surface area contributed by atoms with Crippen LogP contribution >= 0.6 is 0 Å². The molecule has 0 radical (unpaired) electrons. The van der Waals surface area contributed by atoms with Crippen LogP contribution in [0.15, 0.2) is 18.2 Å². The van der Waals surface area contributed by atoms with Gasteiger partial charge in [0.1, 0.15) is 0 Å². The Hall–Kier alpha value is -2.37. The lowest BCUT2D eigenvalue weighted by molar-refractivity contribution is -0.116. The number of carbonyl (C=O) groups excluding carboxylic acids is 3. The van der Waals surface area contributed by atoms with E-state index in [1.807, 2.05) is 0 Å². The van der Waals surface area contributed by atoms with Crippen LogP contribution in [0.25, 0.3) is 0 Å². The molecular formula is C19H25NO5. The van der Waals surface area contributed by atoms with Crippen molar-refractivity contribution in [3.63, 3.8) is 0 Å². The summed E-state index contributed by atoms with van der Waals surface area (Å²) in [5.74, 6) is -0.665. The van der Waals surface area contributed by atoms with Gasteiger partial charge in [-0.15, -0.1) is 0 Å². The van der Waals surface area contributed by atoms with Crippen LogP contribution < -0.4 is 5.32 Å². The molecule has 2 rings (SSSR count). The van der Waals surface area contributed by atoms with Gasteiger partial charge in [0.15, 0.2) is 0 Å². The number of nitrogens with one attached hydrogen (secondary N) is 1. The molecule has 0 saturated heterocycles. The maximum absolute atomic E-state index is 12.2. The normalized spacial score (nSPS) is 14.6. The quantitative estimate of drug-likeness (QED) is 0.796. The molecule has 0 unspecified atom stereocenters. The van der Waals surface area contributed by atoms with Gasteiger partial charge in [0.05, 0.1) is 25.3 Å². The summed E-state index contributed by atoms with van der Waals surface area (Å²) in [4.78, 5) is 35.7. The molecule has 1 aliphatic carbocycles. The van der Waals surface area contributed by atoms with Crippen molar-refractivity contribution in [2.45, 2.75) is 44.9 Å². The molecule has 1 aromatic carbocycles. The van der Waals surface area contributed by atoms with E-state index < -0.39 is 11.9 Å². The Bertz CT molecular complexity index is 600. The number of benzene rings is 1. The standard InChI is InChI=1S/C19H25NO5/c1-24-18(22)14-10-15(19(23)25-2)12-16(11-14)20-17(21)9-8-13-6-4-3-5-7-13/h10-13H,3-9H2,1-2H3,(H,20,21).